The van der Waals surface area contributed by atoms with Gasteiger partial charge in [-0.15, -0.1) is 0 Å². The number of aromatic amines is 1. The summed E-state index contributed by atoms with van der Waals surface area (Å²) < 4.78 is 6.26. The number of hydrogen-bond acceptors (Lipinski definition) is 3. The minimum Gasteiger partial charge on any atom is -0.489 e. The minimum atomic E-state index is -0.123. The van der Waals surface area contributed by atoms with E-state index in [0.717, 1.165) is 31.1 Å². The van der Waals surface area contributed by atoms with E-state index >= 15 is 0 Å². The third kappa shape index (κ3) is 5.09. The molecule has 1 N–H and O–H groups in total. The van der Waals surface area contributed by atoms with Crippen molar-refractivity contribution in [1.29, 1.82) is 0 Å². The lowest BCUT2D eigenvalue weighted by Gasteiger charge is -2.38. The number of rotatable bonds is 7. The van der Waals surface area contributed by atoms with Crippen LogP contribution in [0.25, 0.3) is 10.8 Å². The Morgan fingerprint density at radius 1 is 1.04 bits per heavy atom. The van der Waals surface area contributed by atoms with Gasteiger partial charge < -0.3 is 9.72 Å². The first-order valence-electron chi connectivity index (χ1n) is 10.6. The maximum absolute atomic E-state index is 11.9. The second kappa shape index (κ2) is 9.32. The Morgan fingerprint density at radius 3 is 2.29 bits per heavy atom. The number of aromatic nitrogens is 1. The fourth-order valence-electron chi connectivity index (χ4n) is 4.32. The summed E-state index contributed by atoms with van der Waals surface area (Å²) in [5.74, 6) is 2.06. The molecular formula is C23H33ClN2O2. The molecule has 1 saturated carbocycles. The molecule has 0 radical (unpaired) electrons. The van der Waals surface area contributed by atoms with Gasteiger partial charge >= 0.3 is 0 Å². The van der Waals surface area contributed by atoms with E-state index in [4.69, 9.17) is 16.3 Å². The minimum absolute atomic E-state index is 0.123. The monoisotopic (exact) mass is 404 g/mol. The van der Waals surface area contributed by atoms with Crippen molar-refractivity contribution < 1.29 is 4.74 Å². The average molecular weight is 405 g/mol. The van der Waals surface area contributed by atoms with Crippen LogP contribution in [0.15, 0.2) is 29.2 Å². The maximum atomic E-state index is 11.9. The second-order valence-electron chi connectivity index (χ2n) is 8.94. The molecule has 0 aliphatic heterocycles. The number of nitrogens with one attached hydrogen (secondary N) is 1. The summed E-state index contributed by atoms with van der Waals surface area (Å²) in [6, 6.07) is 6.11. The van der Waals surface area contributed by atoms with Gasteiger partial charge in [0.2, 0.25) is 0 Å². The standard InChI is InChI=1S/C23H33ClN2O2/c1-15(2)13-26(14-16(3)4)17-5-7-18(8-6-17)28-21-10-9-20-19(22(21)24)11-12-25-23(20)27/h9-12,15-18H,5-8,13-14H2,1-4H3,(H,25,27)/t17-,18+. The number of nitrogens with zero attached hydrogens (tertiary/aromatic N) is 1. The quantitative estimate of drug-likeness (QED) is 0.664. The second-order valence-corrected chi connectivity index (χ2v) is 9.31. The van der Waals surface area contributed by atoms with E-state index in [1.54, 1.807) is 12.3 Å². The Kier molecular flexibility index (Phi) is 7.05. The first-order chi connectivity index (χ1) is 13.3. The van der Waals surface area contributed by atoms with Gasteiger partial charge in [-0.1, -0.05) is 39.3 Å². The molecule has 3 rings (SSSR count). The van der Waals surface area contributed by atoms with E-state index < -0.39 is 0 Å². The summed E-state index contributed by atoms with van der Waals surface area (Å²) in [4.78, 5) is 17.3. The Balaban J connectivity index is 1.65. The van der Waals surface area contributed by atoms with Crippen LogP contribution in [0.4, 0.5) is 0 Å². The Morgan fingerprint density at radius 2 is 1.68 bits per heavy atom. The van der Waals surface area contributed by atoms with Crippen molar-refractivity contribution in [2.75, 3.05) is 13.1 Å². The van der Waals surface area contributed by atoms with Crippen molar-refractivity contribution in [3.05, 3.63) is 39.8 Å². The van der Waals surface area contributed by atoms with Crippen molar-refractivity contribution in [3.63, 3.8) is 0 Å². The molecule has 1 fully saturated rings. The zero-order chi connectivity index (χ0) is 20.3. The molecule has 0 unspecified atom stereocenters. The Labute approximate surface area is 173 Å². The molecule has 2 aromatic rings. The lowest BCUT2D eigenvalue weighted by Crippen LogP contribution is -2.43. The average Bonchev–Trinajstić information content (AvgIpc) is 2.64. The third-order valence-corrected chi connectivity index (χ3v) is 5.90. The lowest BCUT2D eigenvalue weighted by atomic mass is 9.90. The summed E-state index contributed by atoms with van der Waals surface area (Å²) >= 11 is 6.54. The normalized spacial score (nSPS) is 20.4. The highest BCUT2D eigenvalue weighted by Crippen LogP contribution is 2.34. The highest BCUT2D eigenvalue weighted by atomic mass is 35.5. The summed E-state index contributed by atoms with van der Waals surface area (Å²) in [5.41, 5.74) is -0.123. The number of benzene rings is 1. The number of fused-ring (bicyclic) bond motifs is 1. The number of H-pyrrole nitrogens is 1. The van der Waals surface area contributed by atoms with Gasteiger partial charge in [0.15, 0.2) is 0 Å². The van der Waals surface area contributed by atoms with Gasteiger partial charge in [0.25, 0.3) is 5.56 Å². The van der Waals surface area contributed by atoms with Crippen molar-refractivity contribution in [1.82, 2.24) is 9.88 Å². The molecule has 0 atom stereocenters. The first-order valence-corrected chi connectivity index (χ1v) is 10.9. The Hall–Kier alpha value is -1.52. The molecule has 154 valence electrons. The van der Waals surface area contributed by atoms with Gasteiger partial charge in [-0.3, -0.25) is 9.69 Å². The van der Waals surface area contributed by atoms with E-state index in [9.17, 15) is 4.79 Å². The third-order valence-electron chi connectivity index (χ3n) is 5.51. The van der Waals surface area contributed by atoms with Gasteiger partial charge in [-0.05, 0) is 55.7 Å². The molecule has 28 heavy (non-hydrogen) atoms. The molecule has 1 aliphatic carbocycles. The van der Waals surface area contributed by atoms with E-state index in [2.05, 4.69) is 37.6 Å². The van der Waals surface area contributed by atoms with Gasteiger partial charge in [0, 0.05) is 36.1 Å². The van der Waals surface area contributed by atoms with E-state index in [-0.39, 0.29) is 11.7 Å². The topological polar surface area (TPSA) is 45.3 Å². The van der Waals surface area contributed by atoms with E-state index in [1.165, 1.54) is 13.1 Å². The molecular weight excluding hydrogens is 372 g/mol. The summed E-state index contributed by atoms with van der Waals surface area (Å²) in [6.07, 6.45) is 6.23. The van der Waals surface area contributed by atoms with E-state index in [1.807, 2.05) is 12.1 Å². The maximum Gasteiger partial charge on any atom is 0.255 e. The first kappa shape index (κ1) is 21.2. The van der Waals surface area contributed by atoms with Crippen molar-refractivity contribution in [2.24, 2.45) is 11.8 Å². The van der Waals surface area contributed by atoms with Crippen LogP contribution in [0.2, 0.25) is 5.02 Å². The highest BCUT2D eigenvalue weighted by Gasteiger charge is 2.28. The van der Waals surface area contributed by atoms with Crippen LogP contribution in [0.3, 0.4) is 0 Å². The highest BCUT2D eigenvalue weighted by molar-refractivity contribution is 6.37. The molecule has 0 spiro atoms. The molecule has 4 nitrogen and oxygen atoms in total. The zero-order valence-corrected chi connectivity index (χ0v) is 18.3. The van der Waals surface area contributed by atoms with E-state index in [0.29, 0.717) is 34.0 Å². The van der Waals surface area contributed by atoms with Crippen LogP contribution < -0.4 is 10.3 Å². The van der Waals surface area contributed by atoms with Crippen LogP contribution in [-0.2, 0) is 0 Å². The van der Waals surface area contributed by atoms with Gasteiger partial charge in [-0.2, -0.15) is 0 Å². The summed E-state index contributed by atoms with van der Waals surface area (Å²) in [5, 5.41) is 1.88. The van der Waals surface area contributed by atoms with Crippen LogP contribution in [0, 0.1) is 11.8 Å². The predicted octanol–water partition coefficient (Wildman–Crippen LogP) is 5.49. The molecule has 0 amide bonds. The number of pyridine rings is 1. The molecule has 1 aliphatic rings. The van der Waals surface area contributed by atoms with Crippen LogP contribution in [0.1, 0.15) is 53.4 Å². The van der Waals surface area contributed by atoms with Gasteiger partial charge in [0.05, 0.1) is 11.1 Å². The fraction of sp³-hybridized carbons (Fsp3) is 0.609. The number of halogens is 1. The lowest BCUT2D eigenvalue weighted by molar-refractivity contribution is 0.0745. The number of hydrogen-bond donors (Lipinski definition) is 1. The molecule has 1 heterocycles. The molecule has 1 aromatic heterocycles. The Bertz CT molecular complexity index is 828. The number of ether oxygens (including phenoxy) is 1. The SMILES string of the molecule is CC(C)CN(CC(C)C)[C@H]1CC[C@@H](Oc2ccc3c(=O)[nH]ccc3c2Cl)CC1. The smallest absolute Gasteiger partial charge is 0.255 e. The molecule has 0 saturated heterocycles. The fourth-order valence-corrected chi connectivity index (χ4v) is 4.59. The van der Waals surface area contributed by atoms with Gasteiger partial charge in [0.1, 0.15) is 5.75 Å². The van der Waals surface area contributed by atoms with Crippen molar-refractivity contribution in [3.8, 4) is 5.75 Å². The van der Waals surface area contributed by atoms with Crippen LogP contribution >= 0.6 is 11.6 Å². The zero-order valence-electron chi connectivity index (χ0n) is 17.5. The van der Waals surface area contributed by atoms with Crippen LogP contribution in [-0.4, -0.2) is 35.1 Å². The largest absolute Gasteiger partial charge is 0.489 e. The van der Waals surface area contributed by atoms with Crippen LogP contribution in [0.5, 0.6) is 5.75 Å². The van der Waals surface area contributed by atoms with Gasteiger partial charge in [-0.25, -0.2) is 0 Å². The molecule has 5 heteroatoms. The van der Waals surface area contributed by atoms with Crippen molar-refractivity contribution >= 4 is 22.4 Å². The predicted molar refractivity (Wildman–Crippen MR) is 117 cm³/mol. The van der Waals surface area contributed by atoms with Crippen molar-refractivity contribution in [2.45, 2.75) is 65.5 Å². The molecule has 0 bridgehead atoms. The summed E-state index contributed by atoms with van der Waals surface area (Å²) in [6.45, 7) is 11.5. The molecule has 1 aromatic carbocycles. The summed E-state index contributed by atoms with van der Waals surface area (Å²) in [7, 11) is 0.